The molecule has 0 bridgehead atoms. The lowest BCUT2D eigenvalue weighted by Gasteiger charge is -2.15. The van der Waals surface area contributed by atoms with Gasteiger partial charge in [0, 0.05) is 0 Å². The molecule has 0 fully saturated rings. The molecule has 0 amide bonds. The van der Waals surface area contributed by atoms with Crippen molar-refractivity contribution >= 4 is 27.5 Å². The number of alkyl halides is 1. The van der Waals surface area contributed by atoms with E-state index in [1.165, 1.54) is 31.4 Å². The van der Waals surface area contributed by atoms with E-state index in [2.05, 4.69) is 15.9 Å². The summed E-state index contributed by atoms with van der Waals surface area (Å²) in [4.78, 5) is 0. The van der Waals surface area contributed by atoms with Gasteiger partial charge in [-0.25, -0.2) is 8.78 Å². The lowest BCUT2D eigenvalue weighted by Crippen LogP contribution is -2.01. The Hall–Kier alpha value is -1.13. The summed E-state index contributed by atoms with van der Waals surface area (Å²) < 4.78 is 32.5. The smallest absolute Gasteiger partial charge is 0.137 e. The van der Waals surface area contributed by atoms with Crippen molar-refractivity contribution in [3.63, 3.8) is 0 Å². The quantitative estimate of drug-likeness (QED) is 0.705. The van der Waals surface area contributed by atoms with Gasteiger partial charge in [0.1, 0.15) is 17.4 Å². The molecule has 1 nitrogen and oxygen atoms in total. The number of ether oxygens (including phenoxy) is 1. The van der Waals surface area contributed by atoms with Crippen LogP contribution in [0.3, 0.4) is 0 Å². The minimum Gasteiger partial charge on any atom is -0.496 e. The maximum atomic E-state index is 13.9. The first-order chi connectivity index (χ1) is 9.04. The first-order valence-electron chi connectivity index (χ1n) is 5.46. The lowest BCUT2D eigenvalue weighted by molar-refractivity contribution is 0.405. The molecule has 0 heterocycles. The highest BCUT2D eigenvalue weighted by Gasteiger charge is 2.20. The first kappa shape index (κ1) is 14.3. The fourth-order valence-corrected chi connectivity index (χ4v) is 2.52. The van der Waals surface area contributed by atoms with Crippen molar-refractivity contribution in [1.29, 1.82) is 0 Å². The standard InChI is InChI=1S/C14H10BrClF2O/c1-19-12-4-2-3-11(18)13(12)14(16)8-5-6-10(17)9(15)7-8/h2-7,14H,1H3. The number of benzene rings is 2. The highest BCUT2D eigenvalue weighted by molar-refractivity contribution is 9.10. The Labute approximate surface area is 123 Å². The Balaban J connectivity index is 2.49. The van der Waals surface area contributed by atoms with Crippen LogP contribution in [0, 0.1) is 11.6 Å². The molecular weight excluding hydrogens is 338 g/mol. The first-order valence-corrected chi connectivity index (χ1v) is 6.69. The molecule has 1 unspecified atom stereocenters. The van der Waals surface area contributed by atoms with Crippen LogP contribution in [0.5, 0.6) is 5.75 Å². The number of hydrogen-bond donors (Lipinski definition) is 0. The van der Waals surface area contributed by atoms with Crippen molar-refractivity contribution < 1.29 is 13.5 Å². The fourth-order valence-electron chi connectivity index (χ4n) is 1.78. The molecule has 0 spiro atoms. The summed E-state index contributed by atoms with van der Waals surface area (Å²) in [6, 6.07) is 8.81. The maximum absolute atomic E-state index is 13.9. The van der Waals surface area contributed by atoms with Crippen molar-refractivity contribution in [2.75, 3.05) is 7.11 Å². The second kappa shape index (κ2) is 5.88. The third-order valence-electron chi connectivity index (χ3n) is 2.72. The van der Waals surface area contributed by atoms with Crippen LogP contribution in [0.25, 0.3) is 0 Å². The summed E-state index contributed by atoms with van der Waals surface area (Å²) in [5, 5.41) is -0.756. The SMILES string of the molecule is COc1cccc(F)c1C(Cl)c1ccc(F)c(Br)c1. The van der Waals surface area contributed by atoms with Crippen LogP contribution in [0.2, 0.25) is 0 Å². The molecule has 0 aliphatic heterocycles. The van der Waals surface area contributed by atoms with E-state index in [0.717, 1.165) is 0 Å². The van der Waals surface area contributed by atoms with Crippen LogP contribution in [0.4, 0.5) is 8.78 Å². The molecule has 2 aromatic carbocycles. The van der Waals surface area contributed by atoms with E-state index in [1.54, 1.807) is 12.1 Å². The average molecular weight is 348 g/mol. The Bertz CT molecular complexity index is 604. The zero-order chi connectivity index (χ0) is 14.0. The Morgan fingerprint density at radius 3 is 2.53 bits per heavy atom. The fraction of sp³-hybridized carbons (Fsp3) is 0.143. The number of hydrogen-bond acceptors (Lipinski definition) is 1. The maximum Gasteiger partial charge on any atom is 0.137 e. The third-order valence-corrected chi connectivity index (χ3v) is 3.80. The summed E-state index contributed by atoms with van der Waals surface area (Å²) in [5.41, 5.74) is 0.823. The van der Waals surface area contributed by atoms with Crippen molar-refractivity contribution in [1.82, 2.24) is 0 Å². The predicted molar refractivity (Wildman–Crippen MR) is 74.7 cm³/mol. The topological polar surface area (TPSA) is 9.23 Å². The van der Waals surface area contributed by atoms with Gasteiger partial charge in [-0.3, -0.25) is 0 Å². The molecule has 2 aromatic rings. The van der Waals surface area contributed by atoms with Crippen LogP contribution in [-0.2, 0) is 0 Å². The van der Waals surface area contributed by atoms with Gasteiger partial charge >= 0.3 is 0 Å². The Morgan fingerprint density at radius 1 is 1.16 bits per heavy atom. The molecule has 0 aromatic heterocycles. The van der Waals surface area contributed by atoms with Crippen molar-refractivity contribution in [2.24, 2.45) is 0 Å². The van der Waals surface area contributed by atoms with E-state index in [9.17, 15) is 8.78 Å². The van der Waals surface area contributed by atoms with Gasteiger partial charge in [-0.05, 0) is 45.8 Å². The van der Waals surface area contributed by atoms with Crippen LogP contribution in [0.15, 0.2) is 40.9 Å². The molecule has 0 saturated carbocycles. The second-order valence-electron chi connectivity index (χ2n) is 3.89. The molecule has 2 rings (SSSR count). The molecule has 0 aliphatic carbocycles. The number of methoxy groups -OCH3 is 1. The molecule has 100 valence electrons. The van der Waals surface area contributed by atoms with Gasteiger partial charge in [0.05, 0.1) is 22.5 Å². The third kappa shape index (κ3) is 2.90. The predicted octanol–water partition coefficient (Wildman–Crippen LogP) is 5.06. The van der Waals surface area contributed by atoms with Crippen molar-refractivity contribution in [3.8, 4) is 5.75 Å². The van der Waals surface area contributed by atoms with Gasteiger partial charge in [-0.1, -0.05) is 12.1 Å². The van der Waals surface area contributed by atoms with Gasteiger partial charge in [-0.2, -0.15) is 0 Å². The molecule has 0 aliphatic rings. The molecule has 1 atom stereocenters. The number of rotatable bonds is 3. The van der Waals surface area contributed by atoms with Crippen LogP contribution < -0.4 is 4.74 Å². The van der Waals surface area contributed by atoms with Gasteiger partial charge in [-0.15, -0.1) is 11.6 Å². The van der Waals surface area contributed by atoms with E-state index in [0.29, 0.717) is 11.3 Å². The lowest BCUT2D eigenvalue weighted by atomic mass is 10.0. The van der Waals surface area contributed by atoms with Gasteiger partial charge in [0.2, 0.25) is 0 Å². The Morgan fingerprint density at radius 2 is 1.89 bits per heavy atom. The van der Waals surface area contributed by atoms with Crippen LogP contribution in [-0.4, -0.2) is 7.11 Å². The molecular formula is C14H10BrClF2O. The molecule has 0 saturated heterocycles. The summed E-state index contributed by atoms with van der Waals surface area (Å²) in [7, 11) is 1.45. The molecule has 0 N–H and O–H groups in total. The molecule has 19 heavy (non-hydrogen) atoms. The zero-order valence-corrected chi connectivity index (χ0v) is 12.3. The van der Waals surface area contributed by atoms with Gasteiger partial charge in [0.25, 0.3) is 0 Å². The van der Waals surface area contributed by atoms with Crippen LogP contribution >= 0.6 is 27.5 Å². The minimum absolute atomic E-state index is 0.241. The van der Waals surface area contributed by atoms with Crippen LogP contribution in [0.1, 0.15) is 16.5 Å². The van der Waals surface area contributed by atoms with E-state index in [4.69, 9.17) is 16.3 Å². The normalized spacial score (nSPS) is 12.3. The van der Waals surface area contributed by atoms with E-state index < -0.39 is 17.0 Å². The zero-order valence-electron chi connectivity index (χ0n) is 9.96. The largest absolute Gasteiger partial charge is 0.496 e. The monoisotopic (exact) mass is 346 g/mol. The molecule has 5 heteroatoms. The summed E-state index contributed by atoms with van der Waals surface area (Å²) in [6.07, 6.45) is 0. The average Bonchev–Trinajstić information content (AvgIpc) is 2.40. The Kier molecular flexibility index (Phi) is 4.42. The van der Waals surface area contributed by atoms with E-state index >= 15 is 0 Å². The van der Waals surface area contributed by atoms with Gasteiger partial charge < -0.3 is 4.74 Å². The highest BCUT2D eigenvalue weighted by Crippen LogP contribution is 2.37. The van der Waals surface area contributed by atoms with Crippen molar-refractivity contribution in [3.05, 3.63) is 63.6 Å². The van der Waals surface area contributed by atoms with E-state index in [-0.39, 0.29) is 10.0 Å². The second-order valence-corrected chi connectivity index (χ2v) is 5.18. The summed E-state index contributed by atoms with van der Waals surface area (Å²) >= 11 is 9.36. The number of halogens is 4. The van der Waals surface area contributed by atoms with Crippen molar-refractivity contribution in [2.45, 2.75) is 5.38 Å². The minimum atomic E-state index is -0.756. The van der Waals surface area contributed by atoms with E-state index in [1.807, 2.05) is 0 Å². The molecule has 0 radical (unpaired) electrons. The summed E-state index contributed by atoms with van der Waals surface area (Å²) in [6.45, 7) is 0. The highest BCUT2D eigenvalue weighted by atomic mass is 79.9. The van der Waals surface area contributed by atoms with Gasteiger partial charge in [0.15, 0.2) is 0 Å². The summed E-state index contributed by atoms with van der Waals surface area (Å²) in [5.74, 6) is -0.492.